The van der Waals surface area contributed by atoms with Crippen molar-refractivity contribution in [2.45, 2.75) is 32.1 Å². The van der Waals surface area contributed by atoms with Crippen LogP contribution in [0.4, 0.5) is 31.1 Å². The Morgan fingerprint density at radius 2 is 1.44 bits per heavy atom. The minimum Gasteiger partial charge on any atom is -0.475 e. The predicted octanol–water partition coefficient (Wildman–Crippen LogP) is 2.07. The van der Waals surface area contributed by atoms with Crippen molar-refractivity contribution in [2.75, 3.05) is 74.1 Å². The summed E-state index contributed by atoms with van der Waals surface area (Å²) < 4.78 is 68.9. The van der Waals surface area contributed by atoms with E-state index >= 15 is 0 Å². The van der Waals surface area contributed by atoms with Gasteiger partial charge in [-0.2, -0.15) is 26.3 Å². The second-order valence-corrected chi connectivity index (χ2v) is 9.44. The van der Waals surface area contributed by atoms with Gasteiger partial charge in [0.05, 0.1) is 12.0 Å². The Balaban J connectivity index is 0.000000848. The molecule has 2 rings (SSSR count). The number of urea groups is 1. The van der Waals surface area contributed by atoms with Crippen LogP contribution in [0.5, 0.6) is 0 Å². The molecule has 228 valence electrons. The summed E-state index contributed by atoms with van der Waals surface area (Å²) in [6.07, 6.45) is -8.53. The second-order valence-electron chi connectivity index (χ2n) is 9.44. The van der Waals surface area contributed by atoms with Gasteiger partial charge in [-0.1, -0.05) is 0 Å². The van der Waals surface area contributed by atoms with Crippen molar-refractivity contribution in [3.8, 4) is 0 Å². The Labute approximate surface area is 222 Å². The van der Waals surface area contributed by atoms with Crippen LogP contribution in [-0.4, -0.2) is 140 Å². The predicted molar refractivity (Wildman–Crippen MR) is 125 cm³/mol. The molecule has 2 aliphatic heterocycles. The number of alkyl halides is 6. The summed E-state index contributed by atoms with van der Waals surface area (Å²) in [6, 6.07) is 0.0337. The van der Waals surface area contributed by atoms with Crippen LogP contribution in [0.25, 0.3) is 0 Å². The number of rotatable bonds is 5. The highest BCUT2D eigenvalue weighted by atomic mass is 19.4. The van der Waals surface area contributed by atoms with Gasteiger partial charge in [0, 0.05) is 59.3 Å². The number of hydrogen-bond donors (Lipinski definition) is 2. The lowest BCUT2D eigenvalue weighted by Gasteiger charge is -2.32. The first-order valence-electron chi connectivity index (χ1n) is 11.8. The van der Waals surface area contributed by atoms with Gasteiger partial charge in [-0.3, -0.25) is 4.79 Å². The number of nitrogens with zero attached hydrogens (tertiary/aromatic N) is 4. The van der Waals surface area contributed by atoms with Crippen LogP contribution in [-0.2, 0) is 19.1 Å². The molecule has 0 saturated carbocycles. The lowest BCUT2D eigenvalue weighted by atomic mass is 9.75. The molecule has 0 aromatic carbocycles. The van der Waals surface area contributed by atoms with Gasteiger partial charge in [-0.25, -0.2) is 14.4 Å². The molecule has 2 fully saturated rings. The van der Waals surface area contributed by atoms with E-state index in [0.29, 0.717) is 19.7 Å². The van der Waals surface area contributed by atoms with E-state index < -0.39 is 29.7 Å². The number of ether oxygens (including phenoxy) is 1. The van der Waals surface area contributed by atoms with Crippen molar-refractivity contribution < 1.29 is 60.5 Å². The monoisotopic (exact) mass is 582 g/mol. The SMILES string of the molecule is CCOC(=O)[C@]12CCCN(C(=O)N(C)C)C[C@H]1CN(CCN(C)C)C2.O=C(O)C(F)(F)F.O=C(O)C(F)(F)F. The van der Waals surface area contributed by atoms with Crippen molar-refractivity contribution in [2.24, 2.45) is 11.3 Å². The Morgan fingerprint density at radius 3 is 1.82 bits per heavy atom. The van der Waals surface area contributed by atoms with Gasteiger partial charge in [-0.15, -0.1) is 0 Å². The molecular formula is C22H36F6N4O7. The van der Waals surface area contributed by atoms with E-state index in [9.17, 15) is 35.9 Å². The molecule has 0 aromatic heterocycles. The molecule has 17 heteroatoms. The minimum absolute atomic E-state index is 0.0337. The second kappa shape index (κ2) is 15.1. The fourth-order valence-corrected chi connectivity index (χ4v) is 4.11. The molecule has 2 N–H and O–H groups in total. The Hall–Kier alpha value is -2.82. The van der Waals surface area contributed by atoms with Crippen LogP contribution in [0, 0.1) is 11.3 Å². The number of carboxylic acid groups (broad SMARTS) is 2. The summed E-state index contributed by atoms with van der Waals surface area (Å²) in [4.78, 5) is 51.2. The number of likely N-dealkylation sites (tertiary alicyclic amines) is 2. The lowest BCUT2D eigenvalue weighted by molar-refractivity contribution is -0.193. The highest BCUT2D eigenvalue weighted by Crippen LogP contribution is 2.43. The number of fused-ring (bicyclic) bond motifs is 1. The van der Waals surface area contributed by atoms with Gasteiger partial charge in [0.15, 0.2) is 0 Å². The van der Waals surface area contributed by atoms with Crippen LogP contribution in [0.2, 0.25) is 0 Å². The maximum Gasteiger partial charge on any atom is 0.490 e. The van der Waals surface area contributed by atoms with Gasteiger partial charge in [0.2, 0.25) is 0 Å². The van der Waals surface area contributed by atoms with E-state index in [-0.39, 0.29) is 17.9 Å². The third kappa shape index (κ3) is 11.8. The smallest absolute Gasteiger partial charge is 0.475 e. The normalized spacial score (nSPS) is 21.4. The average molecular weight is 583 g/mol. The van der Waals surface area contributed by atoms with Crippen LogP contribution in [0.3, 0.4) is 0 Å². The zero-order chi connectivity index (χ0) is 30.8. The Kier molecular flexibility index (Phi) is 14.0. The number of likely N-dealkylation sites (N-methyl/N-ethyl adjacent to an activating group) is 1. The molecule has 0 bridgehead atoms. The fraction of sp³-hybridized carbons (Fsp3) is 0.818. The van der Waals surface area contributed by atoms with Crippen molar-refractivity contribution in [1.29, 1.82) is 0 Å². The van der Waals surface area contributed by atoms with Crippen molar-refractivity contribution in [3.05, 3.63) is 0 Å². The van der Waals surface area contributed by atoms with E-state index in [1.165, 1.54) is 0 Å². The number of aliphatic carboxylic acids is 2. The third-order valence-corrected chi connectivity index (χ3v) is 5.94. The van der Waals surface area contributed by atoms with E-state index in [1.807, 2.05) is 11.8 Å². The van der Waals surface area contributed by atoms with Gasteiger partial charge in [-0.05, 0) is 33.9 Å². The molecule has 11 nitrogen and oxygen atoms in total. The molecule has 2 atom stereocenters. The van der Waals surface area contributed by atoms with Crippen molar-refractivity contribution >= 4 is 23.9 Å². The van der Waals surface area contributed by atoms with Crippen LogP contribution < -0.4 is 0 Å². The zero-order valence-corrected chi connectivity index (χ0v) is 22.4. The van der Waals surface area contributed by atoms with Gasteiger partial charge < -0.3 is 34.5 Å². The van der Waals surface area contributed by atoms with Gasteiger partial charge in [0.1, 0.15) is 0 Å². The first-order valence-corrected chi connectivity index (χ1v) is 11.8. The standard InChI is InChI=1S/C18H34N4O3.2C2HF3O2/c1-6-25-16(23)18-8-7-9-22(17(24)20(4)5)13-15(18)12-21(14-18)11-10-19(2)3;2*3-2(4,5)1(6)7/h15H,6-14H2,1-5H3;2*(H,6,7)/t15-,18+;;/m1../s1. The Bertz CT molecular complexity index is 815. The molecule has 2 aliphatic rings. The first kappa shape index (κ1) is 36.2. The molecule has 0 spiro atoms. The number of esters is 1. The topological polar surface area (TPSA) is 131 Å². The summed E-state index contributed by atoms with van der Waals surface area (Å²) in [7, 11) is 7.69. The van der Waals surface area contributed by atoms with Gasteiger partial charge >= 0.3 is 36.3 Å². The van der Waals surface area contributed by atoms with Crippen LogP contribution in [0.1, 0.15) is 19.8 Å². The molecule has 0 radical (unpaired) electrons. The summed E-state index contributed by atoms with van der Waals surface area (Å²) in [6.45, 7) is 7.11. The maximum atomic E-state index is 12.9. The molecule has 2 heterocycles. The van der Waals surface area contributed by atoms with E-state index in [1.54, 1.807) is 19.0 Å². The number of amides is 2. The average Bonchev–Trinajstić information content (AvgIpc) is 3.04. The third-order valence-electron chi connectivity index (χ3n) is 5.94. The largest absolute Gasteiger partial charge is 0.490 e. The van der Waals surface area contributed by atoms with E-state index in [4.69, 9.17) is 24.5 Å². The molecule has 0 aromatic rings. The number of hydrogen-bond acceptors (Lipinski definition) is 7. The summed E-state index contributed by atoms with van der Waals surface area (Å²) in [5.74, 6) is -5.45. The molecule has 2 saturated heterocycles. The Morgan fingerprint density at radius 1 is 0.949 bits per heavy atom. The van der Waals surface area contributed by atoms with E-state index in [0.717, 1.165) is 39.0 Å². The van der Waals surface area contributed by atoms with Crippen LogP contribution in [0.15, 0.2) is 0 Å². The first-order chi connectivity index (χ1) is 17.7. The maximum absolute atomic E-state index is 12.9. The number of carboxylic acids is 2. The quantitative estimate of drug-likeness (QED) is 0.370. The summed E-state index contributed by atoms with van der Waals surface area (Å²) >= 11 is 0. The molecule has 39 heavy (non-hydrogen) atoms. The highest BCUT2D eigenvalue weighted by molar-refractivity contribution is 5.79. The zero-order valence-electron chi connectivity index (χ0n) is 22.4. The van der Waals surface area contributed by atoms with E-state index in [2.05, 4.69) is 23.9 Å². The number of carbonyl (C=O) groups excluding carboxylic acids is 2. The molecular weight excluding hydrogens is 546 g/mol. The highest BCUT2D eigenvalue weighted by Gasteiger charge is 2.54. The molecule has 0 unspecified atom stereocenters. The fourth-order valence-electron chi connectivity index (χ4n) is 4.11. The minimum atomic E-state index is -5.08. The van der Waals surface area contributed by atoms with Crippen molar-refractivity contribution in [1.82, 2.24) is 19.6 Å². The molecule has 2 amide bonds. The number of halogens is 6. The number of carbonyl (C=O) groups is 4. The van der Waals surface area contributed by atoms with Crippen LogP contribution >= 0.6 is 0 Å². The van der Waals surface area contributed by atoms with Gasteiger partial charge in [0.25, 0.3) is 0 Å². The lowest BCUT2D eigenvalue weighted by Crippen LogP contribution is -2.45. The van der Waals surface area contributed by atoms with Crippen molar-refractivity contribution in [3.63, 3.8) is 0 Å². The molecule has 0 aliphatic carbocycles. The summed E-state index contributed by atoms with van der Waals surface area (Å²) in [5, 5.41) is 14.2. The summed E-state index contributed by atoms with van der Waals surface area (Å²) in [5.41, 5.74) is -0.469.